The van der Waals surface area contributed by atoms with E-state index in [9.17, 15) is 8.42 Å². The van der Waals surface area contributed by atoms with Crippen molar-refractivity contribution in [1.82, 2.24) is 10.0 Å². The van der Waals surface area contributed by atoms with Gasteiger partial charge >= 0.3 is 0 Å². The number of nitrogens with one attached hydrogen (secondary N) is 2. The van der Waals surface area contributed by atoms with Gasteiger partial charge in [-0.1, -0.05) is 13.8 Å². The minimum absolute atomic E-state index is 0.228. The van der Waals surface area contributed by atoms with E-state index in [0.29, 0.717) is 17.5 Å². The molecule has 0 saturated heterocycles. The van der Waals surface area contributed by atoms with Crippen molar-refractivity contribution in [2.75, 3.05) is 0 Å². The standard InChI is InChI=1S/C13H18N2O3S2/c1-10(2)14-8-12-13(4-6-19-12)20(16,17)15-7-11-3-5-18-9-11/h3-6,9-10,14-15H,7-8H2,1-2H3. The van der Waals surface area contributed by atoms with Crippen LogP contribution in [0.3, 0.4) is 0 Å². The molecule has 0 saturated carbocycles. The molecule has 2 N–H and O–H groups in total. The van der Waals surface area contributed by atoms with Gasteiger partial charge in [0.05, 0.1) is 17.4 Å². The van der Waals surface area contributed by atoms with Gasteiger partial charge in [0.2, 0.25) is 10.0 Å². The first-order valence-electron chi connectivity index (χ1n) is 6.29. The Morgan fingerprint density at radius 1 is 1.30 bits per heavy atom. The molecule has 0 bridgehead atoms. The molecule has 0 atom stereocenters. The summed E-state index contributed by atoms with van der Waals surface area (Å²) in [6.07, 6.45) is 3.05. The number of hydrogen-bond acceptors (Lipinski definition) is 5. The van der Waals surface area contributed by atoms with Crippen LogP contribution in [-0.2, 0) is 23.1 Å². The van der Waals surface area contributed by atoms with E-state index in [1.165, 1.54) is 23.9 Å². The molecule has 0 radical (unpaired) electrons. The SMILES string of the molecule is CC(C)NCc1sccc1S(=O)(=O)NCc1ccoc1. The molecular formula is C13H18N2O3S2. The van der Waals surface area contributed by atoms with Gasteiger partial charge in [-0.2, -0.15) is 0 Å². The highest BCUT2D eigenvalue weighted by molar-refractivity contribution is 7.89. The lowest BCUT2D eigenvalue weighted by Crippen LogP contribution is -2.26. The first kappa shape index (κ1) is 15.2. The van der Waals surface area contributed by atoms with Gasteiger partial charge in [-0.15, -0.1) is 11.3 Å². The first-order valence-corrected chi connectivity index (χ1v) is 8.66. The maximum atomic E-state index is 12.3. The predicted octanol–water partition coefficient (Wildman–Crippen LogP) is 2.32. The van der Waals surface area contributed by atoms with Crippen LogP contribution in [0, 0.1) is 0 Å². The number of sulfonamides is 1. The summed E-state index contributed by atoms with van der Waals surface area (Å²) in [5.41, 5.74) is 0.797. The third kappa shape index (κ3) is 3.92. The molecule has 0 spiro atoms. The van der Waals surface area contributed by atoms with Crippen LogP contribution in [0.2, 0.25) is 0 Å². The largest absolute Gasteiger partial charge is 0.472 e. The summed E-state index contributed by atoms with van der Waals surface area (Å²) in [7, 11) is -3.49. The summed E-state index contributed by atoms with van der Waals surface area (Å²) in [5, 5.41) is 5.03. The second kappa shape index (κ2) is 6.53. The molecule has 2 aromatic rings. The molecule has 0 aromatic carbocycles. The first-order chi connectivity index (χ1) is 9.49. The van der Waals surface area contributed by atoms with Gasteiger partial charge in [0, 0.05) is 29.6 Å². The fraction of sp³-hybridized carbons (Fsp3) is 0.385. The Hall–Kier alpha value is -1.15. The van der Waals surface area contributed by atoms with Gasteiger partial charge in [0.25, 0.3) is 0 Å². The molecule has 0 aliphatic rings. The van der Waals surface area contributed by atoms with Crippen molar-refractivity contribution < 1.29 is 12.8 Å². The van der Waals surface area contributed by atoms with Crippen LogP contribution in [-0.4, -0.2) is 14.5 Å². The number of rotatable bonds is 7. The second-order valence-corrected chi connectivity index (χ2v) is 7.44. The molecular weight excluding hydrogens is 296 g/mol. The smallest absolute Gasteiger partial charge is 0.242 e. The molecule has 5 nitrogen and oxygen atoms in total. The fourth-order valence-corrected chi connectivity index (χ4v) is 4.05. The second-order valence-electron chi connectivity index (χ2n) is 4.70. The van der Waals surface area contributed by atoms with Crippen molar-refractivity contribution >= 4 is 21.4 Å². The summed E-state index contributed by atoms with van der Waals surface area (Å²) in [6.45, 7) is 4.83. The van der Waals surface area contributed by atoms with Crippen LogP contribution in [0.4, 0.5) is 0 Å². The summed E-state index contributed by atoms with van der Waals surface area (Å²) >= 11 is 1.44. The van der Waals surface area contributed by atoms with Crippen LogP contribution in [0.25, 0.3) is 0 Å². The lowest BCUT2D eigenvalue weighted by atomic mass is 10.4. The Balaban J connectivity index is 2.07. The molecule has 0 fully saturated rings. The van der Waals surface area contributed by atoms with Crippen molar-refractivity contribution in [1.29, 1.82) is 0 Å². The summed E-state index contributed by atoms with van der Waals surface area (Å²) in [4.78, 5) is 1.16. The predicted molar refractivity (Wildman–Crippen MR) is 79.0 cm³/mol. The van der Waals surface area contributed by atoms with E-state index in [1.807, 2.05) is 13.8 Å². The van der Waals surface area contributed by atoms with E-state index in [4.69, 9.17) is 4.42 Å². The van der Waals surface area contributed by atoms with Crippen molar-refractivity contribution in [2.24, 2.45) is 0 Å². The average Bonchev–Trinajstić information content (AvgIpc) is 3.05. The van der Waals surface area contributed by atoms with Crippen LogP contribution < -0.4 is 10.0 Å². The van der Waals surface area contributed by atoms with Crippen molar-refractivity contribution in [3.05, 3.63) is 40.5 Å². The molecule has 0 amide bonds. The van der Waals surface area contributed by atoms with Crippen LogP contribution in [0.1, 0.15) is 24.3 Å². The molecule has 20 heavy (non-hydrogen) atoms. The summed E-state index contributed by atoms with van der Waals surface area (Å²) in [6, 6.07) is 3.68. The highest BCUT2D eigenvalue weighted by Crippen LogP contribution is 2.22. The Labute approximate surface area is 123 Å². The Morgan fingerprint density at radius 2 is 2.10 bits per heavy atom. The zero-order valence-electron chi connectivity index (χ0n) is 11.4. The third-order valence-electron chi connectivity index (χ3n) is 2.71. The van der Waals surface area contributed by atoms with Gasteiger partial charge in [-0.25, -0.2) is 13.1 Å². The van der Waals surface area contributed by atoms with Gasteiger partial charge in [0.15, 0.2) is 0 Å². The third-order valence-corrected chi connectivity index (χ3v) is 5.25. The van der Waals surface area contributed by atoms with Crippen molar-refractivity contribution in [3.8, 4) is 0 Å². The van der Waals surface area contributed by atoms with Crippen molar-refractivity contribution in [2.45, 2.75) is 37.9 Å². The zero-order valence-corrected chi connectivity index (χ0v) is 13.1. The summed E-state index contributed by atoms with van der Waals surface area (Å²) in [5.74, 6) is 0. The monoisotopic (exact) mass is 314 g/mol. The molecule has 2 heterocycles. The van der Waals surface area contributed by atoms with Gasteiger partial charge < -0.3 is 9.73 Å². The Morgan fingerprint density at radius 3 is 2.75 bits per heavy atom. The zero-order chi connectivity index (χ0) is 14.6. The Bertz CT molecular complexity index is 630. The lowest BCUT2D eigenvalue weighted by Gasteiger charge is -2.09. The number of furan rings is 1. The maximum absolute atomic E-state index is 12.3. The molecule has 0 aliphatic heterocycles. The minimum atomic E-state index is -3.49. The van der Waals surface area contributed by atoms with E-state index >= 15 is 0 Å². The van der Waals surface area contributed by atoms with Gasteiger partial charge in [-0.05, 0) is 17.5 Å². The van der Waals surface area contributed by atoms with E-state index in [0.717, 1.165) is 10.4 Å². The quantitative estimate of drug-likeness (QED) is 0.823. The average molecular weight is 314 g/mol. The molecule has 0 unspecified atom stereocenters. The molecule has 110 valence electrons. The molecule has 7 heteroatoms. The van der Waals surface area contributed by atoms with Crippen LogP contribution >= 0.6 is 11.3 Å². The number of thiophene rings is 1. The topological polar surface area (TPSA) is 71.3 Å². The van der Waals surface area contributed by atoms with Crippen molar-refractivity contribution in [3.63, 3.8) is 0 Å². The van der Waals surface area contributed by atoms with E-state index in [-0.39, 0.29) is 6.54 Å². The fourth-order valence-electron chi connectivity index (χ4n) is 1.64. The Kier molecular flexibility index (Phi) is 4.98. The lowest BCUT2D eigenvalue weighted by molar-refractivity contribution is 0.560. The van der Waals surface area contributed by atoms with E-state index in [1.54, 1.807) is 17.5 Å². The van der Waals surface area contributed by atoms with Crippen LogP contribution in [0.15, 0.2) is 39.4 Å². The van der Waals surface area contributed by atoms with E-state index < -0.39 is 10.0 Å². The minimum Gasteiger partial charge on any atom is -0.472 e. The number of hydrogen-bond donors (Lipinski definition) is 2. The van der Waals surface area contributed by atoms with Gasteiger partial charge in [-0.3, -0.25) is 0 Å². The maximum Gasteiger partial charge on any atom is 0.242 e. The van der Waals surface area contributed by atoms with Crippen LogP contribution in [0.5, 0.6) is 0 Å². The summed E-state index contributed by atoms with van der Waals surface area (Å²) < 4.78 is 32.1. The highest BCUT2D eigenvalue weighted by Gasteiger charge is 2.19. The normalized spacial score (nSPS) is 12.2. The van der Waals surface area contributed by atoms with Gasteiger partial charge in [0.1, 0.15) is 0 Å². The highest BCUT2D eigenvalue weighted by atomic mass is 32.2. The molecule has 2 rings (SSSR count). The molecule has 2 aromatic heterocycles. The molecule has 0 aliphatic carbocycles. The van der Waals surface area contributed by atoms with E-state index in [2.05, 4.69) is 10.0 Å².